The molecule has 0 bridgehead atoms. The Balaban J connectivity index is 2.06. The molecule has 0 radical (unpaired) electrons. The van der Waals surface area contributed by atoms with E-state index in [1.165, 1.54) is 12.7 Å². The average molecular weight is 267 g/mol. The third-order valence-corrected chi connectivity index (χ3v) is 3.91. The van der Waals surface area contributed by atoms with Crippen molar-refractivity contribution in [3.05, 3.63) is 65.7 Å². The molecule has 3 nitrogen and oxygen atoms in total. The van der Waals surface area contributed by atoms with E-state index in [0.29, 0.717) is 6.42 Å². The van der Waals surface area contributed by atoms with Gasteiger partial charge in [0.15, 0.2) is 5.54 Å². The molecular weight excluding hydrogens is 250 g/mol. The summed E-state index contributed by atoms with van der Waals surface area (Å²) in [6, 6.07) is 17.9. The summed E-state index contributed by atoms with van der Waals surface area (Å²) < 4.78 is 5.07. The van der Waals surface area contributed by atoms with Crippen LogP contribution in [0.5, 0.6) is 0 Å². The minimum absolute atomic E-state index is 0.230. The van der Waals surface area contributed by atoms with Crippen LogP contribution in [-0.4, -0.2) is 13.1 Å². The fourth-order valence-corrected chi connectivity index (χ4v) is 2.95. The SMILES string of the molecule is COC(=O)C1(Nc2ccccc2)CCc2ccccc21. The first-order valence-corrected chi connectivity index (χ1v) is 6.76. The molecule has 0 fully saturated rings. The van der Waals surface area contributed by atoms with Crippen molar-refractivity contribution in [3.8, 4) is 0 Å². The minimum atomic E-state index is -0.771. The number of rotatable bonds is 3. The third kappa shape index (κ3) is 1.95. The smallest absolute Gasteiger partial charge is 0.336 e. The van der Waals surface area contributed by atoms with Gasteiger partial charge in [-0.3, -0.25) is 0 Å². The second kappa shape index (κ2) is 5.00. The molecular formula is C17H17NO2. The van der Waals surface area contributed by atoms with Gasteiger partial charge in [-0.05, 0) is 36.1 Å². The average Bonchev–Trinajstić information content (AvgIpc) is 2.88. The largest absolute Gasteiger partial charge is 0.467 e. The number of hydrogen-bond donors (Lipinski definition) is 1. The lowest BCUT2D eigenvalue weighted by Gasteiger charge is -2.29. The van der Waals surface area contributed by atoms with Crippen molar-refractivity contribution >= 4 is 11.7 Å². The molecule has 1 aliphatic rings. The zero-order valence-corrected chi connectivity index (χ0v) is 11.4. The number of carbonyl (C=O) groups is 1. The Kier molecular flexibility index (Phi) is 3.18. The van der Waals surface area contributed by atoms with Gasteiger partial charge in [-0.15, -0.1) is 0 Å². The van der Waals surface area contributed by atoms with Gasteiger partial charge in [0, 0.05) is 5.69 Å². The molecule has 3 rings (SSSR count). The molecule has 1 atom stereocenters. The first-order valence-electron chi connectivity index (χ1n) is 6.76. The summed E-state index contributed by atoms with van der Waals surface area (Å²) in [6.45, 7) is 0. The van der Waals surface area contributed by atoms with E-state index in [9.17, 15) is 4.79 Å². The predicted octanol–water partition coefficient (Wildman–Crippen LogP) is 3.11. The highest BCUT2D eigenvalue weighted by molar-refractivity contribution is 5.87. The van der Waals surface area contributed by atoms with Gasteiger partial charge in [0.2, 0.25) is 0 Å². The highest BCUT2D eigenvalue weighted by atomic mass is 16.5. The van der Waals surface area contributed by atoms with Gasteiger partial charge in [0.25, 0.3) is 0 Å². The second-order valence-electron chi connectivity index (χ2n) is 5.05. The molecule has 2 aromatic carbocycles. The molecule has 1 unspecified atom stereocenters. The fourth-order valence-electron chi connectivity index (χ4n) is 2.95. The Hall–Kier alpha value is -2.29. The van der Waals surface area contributed by atoms with Gasteiger partial charge < -0.3 is 10.1 Å². The van der Waals surface area contributed by atoms with Crippen LogP contribution in [0.15, 0.2) is 54.6 Å². The van der Waals surface area contributed by atoms with E-state index in [4.69, 9.17) is 4.74 Å². The van der Waals surface area contributed by atoms with Crippen LogP contribution >= 0.6 is 0 Å². The first kappa shape index (κ1) is 12.7. The quantitative estimate of drug-likeness (QED) is 0.868. The summed E-state index contributed by atoms with van der Waals surface area (Å²) in [5.41, 5.74) is 2.39. The van der Waals surface area contributed by atoms with Crippen molar-refractivity contribution in [1.82, 2.24) is 0 Å². The van der Waals surface area contributed by atoms with E-state index in [1.54, 1.807) is 0 Å². The lowest BCUT2D eigenvalue weighted by Crippen LogP contribution is -2.42. The maximum Gasteiger partial charge on any atom is 0.336 e. The van der Waals surface area contributed by atoms with Crippen molar-refractivity contribution < 1.29 is 9.53 Å². The van der Waals surface area contributed by atoms with Crippen LogP contribution < -0.4 is 5.32 Å². The number of nitrogens with one attached hydrogen (secondary N) is 1. The van der Waals surface area contributed by atoms with Gasteiger partial charge in [-0.2, -0.15) is 0 Å². The zero-order valence-electron chi connectivity index (χ0n) is 11.4. The standard InChI is InChI=1S/C17H17NO2/c1-20-16(19)17(18-14-8-3-2-4-9-14)12-11-13-7-5-6-10-15(13)17/h2-10,18H,11-12H2,1H3. The molecule has 3 heteroatoms. The molecule has 2 aromatic rings. The van der Waals surface area contributed by atoms with Crippen LogP contribution in [0.2, 0.25) is 0 Å². The fraction of sp³-hybridized carbons (Fsp3) is 0.235. The highest BCUT2D eigenvalue weighted by Crippen LogP contribution is 2.40. The number of para-hydroxylation sites is 1. The van der Waals surface area contributed by atoms with Crippen LogP contribution in [0.1, 0.15) is 17.5 Å². The molecule has 0 spiro atoms. The summed E-state index contributed by atoms with van der Waals surface area (Å²) in [6.07, 6.45) is 1.60. The van der Waals surface area contributed by atoms with Crippen LogP contribution in [0.3, 0.4) is 0 Å². The number of methoxy groups -OCH3 is 1. The van der Waals surface area contributed by atoms with Crippen molar-refractivity contribution in [3.63, 3.8) is 0 Å². The molecule has 1 N–H and O–H groups in total. The Morgan fingerprint density at radius 3 is 2.55 bits per heavy atom. The summed E-state index contributed by atoms with van der Waals surface area (Å²) in [4.78, 5) is 12.4. The van der Waals surface area contributed by atoms with E-state index in [1.807, 2.05) is 48.5 Å². The number of aryl methyl sites for hydroxylation is 1. The lowest BCUT2D eigenvalue weighted by atomic mass is 9.91. The lowest BCUT2D eigenvalue weighted by molar-refractivity contribution is -0.146. The third-order valence-electron chi connectivity index (χ3n) is 3.91. The number of anilines is 1. The molecule has 0 saturated heterocycles. The normalized spacial score (nSPS) is 20.2. The van der Waals surface area contributed by atoms with E-state index < -0.39 is 5.54 Å². The predicted molar refractivity (Wildman–Crippen MR) is 78.5 cm³/mol. The van der Waals surface area contributed by atoms with Gasteiger partial charge in [-0.1, -0.05) is 42.5 Å². The number of hydrogen-bond acceptors (Lipinski definition) is 3. The number of benzene rings is 2. The van der Waals surface area contributed by atoms with E-state index in [2.05, 4.69) is 11.4 Å². The number of fused-ring (bicyclic) bond motifs is 1. The van der Waals surface area contributed by atoms with E-state index >= 15 is 0 Å². The van der Waals surface area contributed by atoms with Crippen LogP contribution in [-0.2, 0) is 21.5 Å². The van der Waals surface area contributed by atoms with Crippen LogP contribution in [0.4, 0.5) is 5.69 Å². The molecule has 0 saturated carbocycles. The number of ether oxygens (including phenoxy) is 1. The molecule has 20 heavy (non-hydrogen) atoms. The zero-order chi connectivity index (χ0) is 14.0. The molecule has 0 aliphatic heterocycles. The maximum absolute atomic E-state index is 12.4. The molecule has 1 aliphatic carbocycles. The van der Waals surface area contributed by atoms with Crippen molar-refractivity contribution in [2.24, 2.45) is 0 Å². The summed E-state index contributed by atoms with van der Waals surface area (Å²) in [5, 5.41) is 3.39. The Morgan fingerprint density at radius 2 is 1.80 bits per heavy atom. The molecule has 0 aromatic heterocycles. The van der Waals surface area contributed by atoms with Crippen LogP contribution in [0.25, 0.3) is 0 Å². The topological polar surface area (TPSA) is 38.3 Å². The molecule has 102 valence electrons. The van der Waals surface area contributed by atoms with Crippen molar-refractivity contribution in [2.75, 3.05) is 12.4 Å². The van der Waals surface area contributed by atoms with Gasteiger partial charge in [-0.25, -0.2) is 4.79 Å². The van der Waals surface area contributed by atoms with Gasteiger partial charge >= 0.3 is 5.97 Å². The molecule has 0 heterocycles. The Bertz CT molecular complexity index is 624. The highest BCUT2D eigenvalue weighted by Gasteiger charge is 2.46. The van der Waals surface area contributed by atoms with Crippen molar-refractivity contribution in [2.45, 2.75) is 18.4 Å². The number of esters is 1. The summed E-state index contributed by atoms with van der Waals surface area (Å²) in [7, 11) is 1.44. The Labute approximate surface area is 118 Å². The van der Waals surface area contributed by atoms with Crippen molar-refractivity contribution in [1.29, 1.82) is 0 Å². The number of carbonyl (C=O) groups excluding carboxylic acids is 1. The minimum Gasteiger partial charge on any atom is -0.467 e. The van der Waals surface area contributed by atoms with Gasteiger partial charge in [0.05, 0.1) is 7.11 Å². The second-order valence-corrected chi connectivity index (χ2v) is 5.05. The van der Waals surface area contributed by atoms with E-state index in [0.717, 1.165) is 17.7 Å². The first-order chi connectivity index (χ1) is 9.76. The summed E-state index contributed by atoms with van der Waals surface area (Å²) >= 11 is 0. The maximum atomic E-state index is 12.4. The van der Waals surface area contributed by atoms with E-state index in [-0.39, 0.29) is 5.97 Å². The Morgan fingerprint density at radius 1 is 1.10 bits per heavy atom. The monoisotopic (exact) mass is 267 g/mol. The van der Waals surface area contributed by atoms with Gasteiger partial charge in [0.1, 0.15) is 0 Å². The van der Waals surface area contributed by atoms with Crippen LogP contribution in [0, 0.1) is 0 Å². The molecule has 0 amide bonds. The summed E-state index contributed by atoms with van der Waals surface area (Å²) in [5.74, 6) is -0.230.